The molecule has 0 saturated heterocycles. The molecule has 0 aromatic heterocycles. The summed E-state index contributed by atoms with van der Waals surface area (Å²) >= 11 is 0.528. The Labute approximate surface area is 51.4 Å². The van der Waals surface area contributed by atoms with Gasteiger partial charge in [0.2, 0.25) is 0 Å². The summed E-state index contributed by atoms with van der Waals surface area (Å²) in [7, 11) is 0. The molecule has 0 aliphatic rings. The normalized spacial score (nSPS) is 6.00. The largest absolute Gasteiger partial charge is 0.412 e. The Hall–Kier alpha value is 0.463. The van der Waals surface area contributed by atoms with Gasteiger partial charge in [0, 0.05) is 0 Å². The van der Waals surface area contributed by atoms with Crippen LogP contribution in [0.5, 0.6) is 0 Å². The maximum atomic E-state index is 2.27. The van der Waals surface area contributed by atoms with Gasteiger partial charge in [-0.1, -0.05) is 0 Å². The maximum absolute atomic E-state index is 2.27. The predicted molar refractivity (Wildman–Crippen MR) is 33.9 cm³/mol. The van der Waals surface area contributed by atoms with E-state index in [9.17, 15) is 0 Å². The van der Waals surface area contributed by atoms with Gasteiger partial charge in [0.25, 0.3) is 0 Å². The third kappa shape index (κ3) is 21.2. The van der Waals surface area contributed by atoms with E-state index >= 15 is 0 Å². The third-order valence-corrected chi connectivity index (χ3v) is 2.60. The summed E-state index contributed by atoms with van der Waals surface area (Å²) in [5.74, 6) is 0. The Balaban J connectivity index is -0.0000000800. The van der Waals surface area contributed by atoms with E-state index in [-0.39, 0.29) is 11.0 Å². The van der Waals surface area contributed by atoms with Crippen molar-refractivity contribution in [2.45, 2.75) is 24.4 Å². The molecule has 0 atom stereocenters. The monoisotopic (exact) mass is 168 g/mol. The zero-order chi connectivity index (χ0) is 4.12. The van der Waals surface area contributed by atoms with E-state index in [1.165, 1.54) is 10.5 Å². The Kier molecular flexibility index (Phi) is 36.0. The first kappa shape index (κ1) is 15.7. The van der Waals surface area contributed by atoms with Crippen LogP contribution in [0.1, 0.15) is 13.8 Å². The van der Waals surface area contributed by atoms with Crippen LogP contribution in [-0.4, -0.2) is 26.4 Å². The second kappa shape index (κ2) is 16.1. The number of hydrogen-bond donors (Lipinski definition) is 0. The molecule has 2 nitrogen and oxygen atoms in total. The first-order valence-electron chi connectivity index (χ1n) is 2.12. The van der Waals surface area contributed by atoms with E-state index in [1.54, 1.807) is 0 Å². The number of rotatable bonds is 2. The summed E-state index contributed by atoms with van der Waals surface area (Å²) < 4.78 is 0. The molecule has 7 heavy (non-hydrogen) atoms. The van der Waals surface area contributed by atoms with Gasteiger partial charge in [0.1, 0.15) is 0 Å². The van der Waals surface area contributed by atoms with E-state index in [1.807, 2.05) is 0 Å². The molecule has 0 amide bonds. The fraction of sp³-hybridized carbons (Fsp3) is 1.00. The van der Waals surface area contributed by atoms with Gasteiger partial charge < -0.3 is 11.0 Å². The Bertz CT molecular complexity index is 17.2. The van der Waals surface area contributed by atoms with Crippen molar-refractivity contribution in [3.63, 3.8) is 0 Å². The van der Waals surface area contributed by atoms with Crippen molar-refractivity contribution >= 4 is 15.4 Å². The summed E-state index contributed by atoms with van der Waals surface area (Å²) in [6.07, 6.45) is 0. The van der Waals surface area contributed by atoms with Crippen LogP contribution in [0.15, 0.2) is 0 Å². The van der Waals surface area contributed by atoms with Crippen molar-refractivity contribution in [1.82, 2.24) is 0 Å². The molecule has 0 fully saturated rings. The molecule has 0 aliphatic carbocycles. The zero-order valence-electron chi connectivity index (χ0n) is 4.91. The molecule has 0 aromatic rings. The molecular formula is C4H14GeO2. The van der Waals surface area contributed by atoms with Crippen molar-refractivity contribution in [1.29, 1.82) is 0 Å². The van der Waals surface area contributed by atoms with Crippen molar-refractivity contribution in [3.05, 3.63) is 0 Å². The predicted octanol–water partition coefficient (Wildman–Crippen LogP) is -0.0824. The minimum absolute atomic E-state index is 0. The Morgan fingerprint density at radius 1 is 1.00 bits per heavy atom. The molecule has 46 valence electrons. The molecule has 0 saturated carbocycles. The van der Waals surface area contributed by atoms with Crippen molar-refractivity contribution in [2.75, 3.05) is 0 Å². The zero-order valence-corrected chi connectivity index (χ0v) is 7.01. The molecule has 0 aliphatic heterocycles. The second-order valence-corrected chi connectivity index (χ2v) is 4.97. The van der Waals surface area contributed by atoms with Crippen molar-refractivity contribution < 1.29 is 11.0 Å². The molecule has 0 aromatic carbocycles. The van der Waals surface area contributed by atoms with E-state index < -0.39 is 0 Å². The van der Waals surface area contributed by atoms with E-state index in [2.05, 4.69) is 13.8 Å². The first-order valence-corrected chi connectivity index (χ1v) is 5.09. The van der Waals surface area contributed by atoms with Crippen LogP contribution in [0.25, 0.3) is 0 Å². The molecule has 0 spiro atoms. The summed E-state index contributed by atoms with van der Waals surface area (Å²) in [4.78, 5) is 0. The van der Waals surface area contributed by atoms with Gasteiger partial charge in [-0.2, -0.15) is 0 Å². The average Bonchev–Trinajstić information content (AvgIpc) is 1.41. The summed E-state index contributed by atoms with van der Waals surface area (Å²) in [5.41, 5.74) is 0. The fourth-order valence-electron chi connectivity index (χ4n) is 0.250. The van der Waals surface area contributed by atoms with Crippen LogP contribution in [0.2, 0.25) is 10.5 Å². The Morgan fingerprint density at radius 3 is 1.29 bits per heavy atom. The summed E-state index contributed by atoms with van der Waals surface area (Å²) in [6, 6.07) is 0. The quantitative estimate of drug-likeness (QED) is 0.516. The SMILES string of the molecule is C[CH2][Ge][CH2]C.O.O. The molecule has 0 unspecified atom stereocenters. The van der Waals surface area contributed by atoms with Crippen LogP contribution < -0.4 is 0 Å². The second-order valence-electron chi connectivity index (χ2n) is 0.957. The van der Waals surface area contributed by atoms with Gasteiger partial charge in [-0.05, 0) is 0 Å². The van der Waals surface area contributed by atoms with Gasteiger partial charge >= 0.3 is 39.8 Å². The van der Waals surface area contributed by atoms with Gasteiger partial charge in [0.15, 0.2) is 0 Å². The van der Waals surface area contributed by atoms with Crippen LogP contribution in [0.3, 0.4) is 0 Å². The van der Waals surface area contributed by atoms with Gasteiger partial charge in [-0.3, -0.25) is 0 Å². The van der Waals surface area contributed by atoms with Crippen molar-refractivity contribution in [2.24, 2.45) is 0 Å². The van der Waals surface area contributed by atoms with Gasteiger partial charge in [-0.25, -0.2) is 0 Å². The molecule has 2 radical (unpaired) electrons. The van der Waals surface area contributed by atoms with Gasteiger partial charge in [0.05, 0.1) is 0 Å². The van der Waals surface area contributed by atoms with Crippen molar-refractivity contribution in [3.8, 4) is 0 Å². The summed E-state index contributed by atoms with van der Waals surface area (Å²) in [6.45, 7) is 4.53. The fourth-order valence-corrected chi connectivity index (χ4v) is 1.30. The van der Waals surface area contributed by atoms with Gasteiger partial charge in [-0.15, -0.1) is 0 Å². The molecular weight excluding hydrogens is 153 g/mol. The average molecular weight is 167 g/mol. The molecule has 0 heterocycles. The first-order chi connectivity index (χ1) is 2.41. The molecule has 3 heteroatoms. The minimum Gasteiger partial charge on any atom is -0.412 e. The van der Waals surface area contributed by atoms with E-state index in [0.717, 1.165) is 0 Å². The van der Waals surface area contributed by atoms with Crippen LogP contribution in [-0.2, 0) is 0 Å². The molecule has 4 N–H and O–H groups in total. The smallest absolute Gasteiger partial charge is 0.412 e. The third-order valence-electron chi connectivity index (χ3n) is 0.500. The number of hydrogen-bond acceptors (Lipinski definition) is 0. The van der Waals surface area contributed by atoms with E-state index in [4.69, 9.17) is 0 Å². The standard InChI is InChI=1S/C4H10Ge.2H2O/c1-3-5-4-2;;/h3-4H2,1-2H3;2*1H2. The minimum atomic E-state index is 0. The van der Waals surface area contributed by atoms with Crippen LogP contribution in [0, 0.1) is 0 Å². The van der Waals surface area contributed by atoms with Crippen LogP contribution >= 0.6 is 0 Å². The van der Waals surface area contributed by atoms with Crippen LogP contribution in [0.4, 0.5) is 0 Å². The summed E-state index contributed by atoms with van der Waals surface area (Å²) in [5, 5.41) is 2.94. The molecule has 0 rings (SSSR count). The molecule has 0 bridgehead atoms. The maximum Gasteiger partial charge on any atom is -0.412 e. The Morgan fingerprint density at radius 2 is 1.29 bits per heavy atom. The topological polar surface area (TPSA) is 63.0 Å². The van der Waals surface area contributed by atoms with E-state index in [0.29, 0.717) is 15.4 Å².